The summed E-state index contributed by atoms with van der Waals surface area (Å²) in [6.07, 6.45) is 3.34. The summed E-state index contributed by atoms with van der Waals surface area (Å²) in [5.74, 6) is 1.71. The Morgan fingerprint density at radius 2 is 2.18 bits per heavy atom. The van der Waals surface area contributed by atoms with Gasteiger partial charge in [0.25, 0.3) is 0 Å². The summed E-state index contributed by atoms with van der Waals surface area (Å²) in [5, 5.41) is 11.6. The quantitative estimate of drug-likeness (QED) is 0.429. The Morgan fingerprint density at radius 3 is 2.89 bits per heavy atom. The Balaban J connectivity index is 1.75. The average Bonchev–Trinajstić information content (AvgIpc) is 3.34. The van der Waals surface area contributed by atoms with E-state index in [1.54, 1.807) is 18.4 Å². The molecule has 0 saturated heterocycles. The van der Waals surface area contributed by atoms with Crippen LogP contribution in [0.3, 0.4) is 0 Å². The molecule has 1 atom stereocenters. The molecule has 1 amide bonds. The monoisotopic (exact) mass is 398 g/mol. The van der Waals surface area contributed by atoms with Crippen molar-refractivity contribution in [2.45, 2.75) is 30.8 Å². The average molecular weight is 398 g/mol. The van der Waals surface area contributed by atoms with Crippen molar-refractivity contribution in [3.8, 4) is 17.3 Å². The maximum absolute atomic E-state index is 12.7. The number of allylic oxidation sites excluding steroid dienone is 1. The highest BCUT2D eigenvalue weighted by atomic mass is 32.2. The van der Waals surface area contributed by atoms with Gasteiger partial charge in [0.05, 0.1) is 23.8 Å². The fraction of sp³-hybridized carbons (Fsp3) is 0.250. The molecular formula is C20H22N4O3S. The Labute approximate surface area is 167 Å². The summed E-state index contributed by atoms with van der Waals surface area (Å²) in [5.41, 5.74) is 0.644. The molecule has 3 aromatic rings. The predicted octanol–water partition coefficient (Wildman–Crippen LogP) is 4.24. The summed E-state index contributed by atoms with van der Waals surface area (Å²) in [4.78, 5) is 12.7. The van der Waals surface area contributed by atoms with E-state index < -0.39 is 5.25 Å². The molecule has 2 aromatic heterocycles. The molecule has 7 nitrogen and oxygen atoms in total. The summed E-state index contributed by atoms with van der Waals surface area (Å²) in [6, 6.07) is 11.0. The molecule has 0 aliphatic carbocycles. The van der Waals surface area contributed by atoms with Crippen molar-refractivity contribution in [3.05, 3.63) is 55.3 Å². The van der Waals surface area contributed by atoms with Crippen molar-refractivity contribution in [1.82, 2.24) is 14.8 Å². The van der Waals surface area contributed by atoms with E-state index in [1.165, 1.54) is 11.8 Å². The summed E-state index contributed by atoms with van der Waals surface area (Å²) in [6.45, 7) is 8.54. The zero-order valence-electron chi connectivity index (χ0n) is 15.8. The topological polar surface area (TPSA) is 82.2 Å². The predicted molar refractivity (Wildman–Crippen MR) is 109 cm³/mol. The Bertz CT molecular complexity index is 937. The number of aromatic nitrogens is 3. The number of benzene rings is 1. The molecule has 0 radical (unpaired) electrons. The number of furan rings is 1. The van der Waals surface area contributed by atoms with Gasteiger partial charge in [0.2, 0.25) is 11.7 Å². The van der Waals surface area contributed by atoms with Gasteiger partial charge < -0.3 is 14.5 Å². The number of hydrogen-bond acceptors (Lipinski definition) is 6. The van der Waals surface area contributed by atoms with E-state index in [0.717, 1.165) is 0 Å². The molecule has 0 saturated carbocycles. The standard InChI is InChI=1S/C20H22N4O3S/c1-4-12-24-18(17-11-8-13-27-17)22-23-20(24)28-14(3)19(25)21-15-9-6-7-10-16(15)26-5-2/h4,6-11,13-14H,1,5,12H2,2-3H3,(H,21,25). The first-order valence-electron chi connectivity index (χ1n) is 8.91. The molecule has 3 rings (SSSR count). The van der Waals surface area contributed by atoms with E-state index in [1.807, 2.05) is 48.7 Å². The van der Waals surface area contributed by atoms with Gasteiger partial charge in [-0.2, -0.15) is 0 Å². The van der Waals surface area contributed by atoms with Gasteiger partial charge >= 0.3 is 0 Å². The molecule has 0 spiro atoms. The Morgan fingerprint density at radius 1 is 1.36 bits per heavy atom. The van der Waals surface area contributed by atoms with Crippen LogP contribution in [-0.4, -0.2) is 32.5 Å². The number of nitrogens with one attached hydrogen (secondary N) is 1. The van der Waals surface area contributed by atoms with Crippen LogP contribution < -0.4 is 10.1 Å². The number of ether oxygens (including phenoxy) is 1. The molecule has 8 heteroatoms. The third-order valence-electron chi connectivity index (χ3n) is 3.87. The van der Waals surface area contributed by atoms with Crippen LogP contribution in [0.5, 0.6) is 5.75 Å². The van der Waals surface area contributed by atoms with Crippen molar-refractivity contribution in [1.29, 1.82) is 0 Å². The lowest BCUT2D eigenvalue weighted by Crippen LogP contribution is -2.23. The summed E-state index contributed by atoms with van der Waals surface area (Å²) < 4.78 is 12.9. The maximum Gasteiger partial charge on any atom is 0.237 e. The zero-order chi connectivity index (χ0) is 19.9. The minimum absolute atomic E-state index is 0.148. The van der Waals surface area contributed by atoms with Gasteiger partial charge in [0.15, 0.2) is 10.9 Å². The lowest BCUT2D eigenvalue weighted by Gasteiger charge is -2.15. The first-order valence-corrected chi connectivity index (χ1v) is 9.79. The van der Waals surface area contributed by atoms with Crippen LogP contribution in [-0.2, 0) is 11.3 Å². The van der Waals surface area contributed by atoms with Crippen LogP contribution in [0, 0.1) is 0 Å². The molecule has 1 aromatic carbocycles. The second-order valence-electron chi connectivity index (χ2n) is 5.86. The number of hydrogen-bond donors (Lipinski definition) is 1. The normalized spacial score (nSPS) is 11.8. The molecule has 0 aliphatic rings. The van der Waals surface area contributed by atoms with Crippen LogP contribution >= 0.6 is 11.8 Å². The number of nitrogens with zero attached hydrogens (tertiary/aromatic N) is 3. The Hall–Kier alpha value is -3.00. The molecule has 0 aliphatic heterocycles. The second kappa shape index (κ2) is 9.27. The zero-order valence-corrected chi connectivity index (χ0v) is 16.6. The van der Waals surface area contributed by atoms with Crippen molar-refractivity contribution in [3.63, 3.8) is 0 Å². The molecule has 0 fully saturated rings. The molecule has 0 bridgehead atoms. The minimum atomic E-state index is -0.396. The third kappa shape index (κ3) is 4.45. The lowest BCUT2D eigenvalue weighted by atomic mass is 10.3. The van der Waals surface area contributed by atoms with Crippen LogP contribution in [0.15, 0.2) is 64.9 Å². The molecule has 28 heavy (non-hydrogen) atoms. The number of anilines is 1. The minimum Gasteiger partial charge on any atom is -0.492 e. The molecule has 1 unspecified atom stereocenters. The maximum atomic E-state index is 12.7. The van der Waals surface area contributed by atoms with Crippen molar-refractivity contribution < 1.29 is 13.9 Å². The molecule has 2 heterocycles. The SMILES string of the molecule is C=CCn1c(SC(C)C(=O)Nc2ccccc2OCC)nnc1-c1ccco1. The third-order valence-corrected chi connectivity index (χ3v) is 4.95. The first kappa shape index (κ1) is 19.8. The highest BCUT2D eigenvalue weighted by Crippen LogP contribution is 2.29. The van der Waals surface area contributed by atoms with Crippen LogP contribution in [0.2, 0.25) is 0 Å². The Kier molecular flexibility index (Phi) is 6.54. The van der Waals surface area contributed by atoms with E-state index in [9.17, 15) is 4.79 Å². The van der Waals surface area contributed by atoms with Crippen LogP contribution in [0.25, 0.3) is 11.6 Å². The van der Waals surface area contributed by atoms with Gasteiger partial charge in [-0.05, 0) is 38.1 Å². The van der Waals surface area contributed by atoms with E-state index >= 15 is 0 Å². The van der Waals surface area contributed by atoms with E-state index in [-0.39, 0.29) is 5.91 Å². The molecular weight excluding hydrogens is 376 g/mol. The summed E-state index contributed by atoms with van der Waals surface area (Å²) in [7, 11) is 0. The number of amides is 1. The fourth-order valence-electron chi connectivity index (χ4n) is 2.55. The number of rotatable bonds is 9. The van der Waals surface area contributed by atoms with E-state index in [0.29, 0.717) is 41.3 Å². The van der Waals surface area contributed by atoms with Crippen molar-refractivity contribution in [2.75, 3.05) is 11.9 Å². The highest BCUT2D eigenvalue weighted by Gasteiger charge is 2.22. The molecule has 1 N–H and O–H groups in total. The smallest absolute Gasteiger partial charge is 0.237 e. The fourth-order valence-corrected chi connectivity index (χ4v) is 3.41. The van der Waals surface area contributed by atoms with Crippen molar-refractivity contribution in [2.24, 2.45) is 0 Å². The van der Waals surface area contributed by atoms with Crippen LogP contribution in [0.4, 0.5) is 5.69 Å². The van der Waals surface area contributed by atoms with E-state index in [2.05, 4.69) is 22.1 Å². The number of thioether (sulfide) groups is 1. The van der Waals surface area contributed by atoms with Gasteiger partial charge in [0.1, 0.15) is 5.75 Å². The second-order valence-corrected chi connectivity index (χ2v) is 7.17. The van der Waals surface area contributed by atoms with Gasteiger partial charge in [0, 0.05) is 6.54 Å². The van der Waals surface area contributed by atoms with Crippen molar-refractivity contribution >= 4 is 23.4 Å². The highest BCUT2D eigenvalue weighted by molar-refractivity contribution is 8.00. The molecule has 146 valence electrons. The summed E-state index contributed by atoms with van der Waals surface area (Å²) >= 11 is 1.32. The lowest BCUT2D eigenvalue weighted by molar-refractivity contribution is -0.115. The number of carbonyl (C=O) groups is 1. The largest absolute Gasteiger partial charge is 0.492 e. The van der Waals surface area contributed by atoms with Crippen LogP contribution in [0.1, 0.15) is 13.8 Å². The van der Waals surface area contributed by atoms with Gasteiger partial charge in [-0.25, -0.2) is 0 Å². The number of para-hydroxylation sites is 2. The van der Waals surface area contributed by atoms with Gasteiger partial charge in [-0.1, -0.05) is 30.0 Å². The van der Waals surface area contributed by atoms with Gasteiger partial charge in [-0.15, -0.1) is 16.8 Å². The number of carbonyl (C=O) groups excluding carboxylic acids is 1. The first-order chi connectivity index (χ1) is 13.6. The van der Waals surface area contributed by atoms with Gasteiger partial charge in [-0.3, -0.25) is 9.36 Å². The van der Waals surface area contributed by atoms with E-state index in [4.69, 9.17) is 9.15 Å².